The van der Waals surface area contributed by atoms with Crippen LogP contribution in [0.25, 0.3) is 0 Å². The van der Waals surface area contributed by atoms with Crippen molar-refractivity contribution in [1.29, 1.82) is 0 Å². The molecule has 0 aromatic carbocycles. The third-order valence-electron chi connectivity index (χ3n) is 3.42. The van der Waals surface area contributed by atoms with Crippen LogP contribution in [0.3, 0.4) is 0 Å². The summed E-state index contributed by atoms with van der Waals surface area (Å²) < 4.78 is 5.68. The van der Waals surface area contributed by atoms with Crippen LogP contribution >= 0.6 is 0 Å². The summed E-state index contributed by atoms with van der Waals surface area (Å²) in [6, 6.07) is 1.87. The van der Waals surface area contributed by atoms with E-state index in [1.807, 2.05) is 31.9 Å². The van der Waals surface area contributed by atoms with Crippen LogP contribution in [0, 0.1) is 13.8 Å². The molecule has 1 amide bonds. The van der Waals surface area contributed by atoms with Crippen LogP contribution in [0.2, 0.25) is 0 Å². The fraction of sp³-hybridized carbons (Fsp3) is 0.571. The van der Waals surface area contributed by atoms with E-state index in [1.165, 1.54) is 0 Å². The Morgan fingerprint density at radius 1 is 1.60 bits per heavy atom. The molecule has 6 heteroatoms. The minimum Gasteiger partial charge on any atom is -0.374 e. The van der Waals surface area contributed by atoms with Crippen LogP contribution in [-0.2, 0) is 4.74 Å². The number of amides is 1. The van der Waals surface area contributed by atoms with Crippen molar-refractivity contribution in [3.63, 3.8) is 0 Å². The zero-order valence-corrected chi connectivity index (χ0v) is 12.3. The summed E-state index contributed by atoms with van der Waals surface area (Å²) in [7, 11) is 1.91. The quantitative estimate of drug-likeness (QED) is 0.823. The van der Waals surface area contributed by atoms with Gasteiger partial charge in [0.1, 0.15) is 5.82 Å². The average Bonchev–Trinajstić information content (AvgIpc) is 2.38. The lowest BCUT2D eigenvalue weighted by Gasteiger charge is -2.29. The van der Waals surface area contributed by atoms with Gasteiger partial charge in [-0.25, -0.2) is 4.98 Å². The van der Waals surface area contributed by atoms with Crippen LogP contribution in [0.1, 0.15) is 21.6 Å². The third-order valence-corrected chi connectivity index (χ3v) is 3.42. The van der Waals surface area contributed by atoms with E-state index in [0.29, 0.717) is 24.5 Å². The van der Waals surface area contributed by atoms with Crippen molar-refractivity contribution in [2.45, 2.75) is 20.0 Å². The molecule has 2 heterocycles. The molecule has 1 aromatic heterocycles. The van der Waals surface area contributed by atoms with Crippen LogP contribution in [0.15, 0.2) is 6.07 Å². The van der Waals surface area contributed by atoms with E-state index in [9.17, 15) is 4.79 Å². The Morgan fingerprint density at radius 2 is 2.35 bits per heavy atom. The number of nitrogens with one attached hydrogen (secondary N) is 1. The molecule has 1 fully saturated rings. The van der Waals surface area contributed by atoms with Gasteiger partial charge < -0.3 is 20.7 Å². The monoisotopic (exact) mass is 278 g/mol. The fourth-order valence-electron chi connectivity index (χ4n) is 2.53. The lowest BCUT2D eigenvalue weighted by molar-refractivity contribution is 0.0339. The number of rotatable bonds is 4. The normalized spacial score (nSPS) is 18.9. The predicted octanol–water partition coefficient (Wildman–Crippen LogP) is 0.222. The highest BCUT2D eigenvalue weighted by Gasteiger charge is 2.21. The van der Waals surface area contributed by atoms with Gasteiger partial charge in [0.15, 0.2) is 0 Å². The molecule has 1 aliphatic heterocycles. The van der Waals surface area contributed by atoms with Gasteiger partial charge in [0, 0.05) is 32.4 Å². The average molecular weight is 278 g/mol. The lowest BCUT2D eigenvalue weighted by Crippen LogP contribution is -2.45. The molecule has 0 radical (unpaired) electrons. The molecule has 0 saturated carbocycles. The first-order valence-electron chi connectivity index (χ1n) is 6.80. The predicted molar refractivity (Wildman–Crippen MR) is 78.1 cm³/mol. The number of likely N-dealkylation sites (N-methyl/N-ethyl adjacent to an activating group) is 1. The Hall–Kier alpha value is -1.66. The molecular weight excluding hydrogens is 256 g/mol. The first-order valence-corrected chi connectivity index (χ1v) is 6.80. The molecule has 20 heavy (non-hydrogen) atoms. The summed E-state index contributed by atoms with van der Waals surface area (Å²) in [5.74, 6) is 0.184. The molecule has 6 nitrogen and oxygen atoms in total. The largest absolute Gasteiger partial charge is 0.374 e. The number of nitrogens with two attached hydrogens (primary N) is 1. The minimum atomic E-state index is -0.445. The van der Waals surface area contributed by atoms with E-state index in [1.54, 1.807) is 0 Å². The number of aryl methyl sites for hydroxylation is 2. The number of primary amides is 1. The molecular formula is C14H22N4O2. The summed E-state index contributed by atoms with van der Waals surface area (Å²) in [6.07, 6.45) is 0.0945. The Kier molecular flexibility index (Phi) is 4.57. The molecule has 1 aromatic rings. The van der Waals surface area contributed by atoms with Crippen LogP contribution in [0.4, 0.5) is 5.82 Å². The number of anilines is 1. The number of hydrogen-bond donors (Lipinski definition) is 2. The summed E-state index contributed by atoms with van der Waals surface area (Å²) in [5, 5.41) is 3.29. The van der Waals surface area contributed by atoms with Gasteiger partial charge in [0.25, 0.3) is 5.91 Å². The second-order valence-electron chi connectivity index (χ2n) is 5.22. The number of aromatic nitrogens is 1. The Bertz CT molecular complexity index is 498. The second-order valence-corrected chi connectivity index (χ2v) is 5.22. The first kappa shape index (κ1) is 14.7. The summed E-state index contributed by atoms with van der Waals surface area (Å²) in [4.78, 5) is 18.1. The van der Waals surface area contributed by atoms with Gasteiger partial charge in [-0.15, -0.1) is 0 Å². The molecule has 1 aliphatic rings. The van der Waals surface area contributed by atoms with Crippen molar-refractivity contribution >= 4 is 11.7 Å². The molecule has 1 unspecified atom stereocenters. The second kappa shape index (κ2) is 6.19. The standard InChI is InChI=1S/C14H22N4O2/c1-9-6-10(2)17-14(12(9)13(15)19)18(3)8-11-7-16-4-5-20-11/h6,11,16H,4-5,7-8H2,1-3H3,(H2,15,19). The zero-order chi connectivity index (χ0) is 14.7. The van der Waals surface area contributed by atoms with Gasteiger partial charge >= 0.3 is 0 Å². The van der Waals surface area contributed by atoms with Gasteiger partial charge in [-0.3, -0.25) is 4.79 Å². The molecule has 0 aliphatic carbocycles. The number of nitrogens with zero attached hydrogens (tertiary/aromatic N) is 2. The molecule has 0 spiro atoms. The Balaban J connectivity index is 2.23. The summed E-state index contributed by atoms with van der Waals surface area (Å²) in [5.41, 5.74) is 7.70. The van der Waals surface area contributed by atoms with Crippen LogP contribution < -0.4 is 16.0 Å². The Morgan fingerprint density at radius 3 is 2.95 bits per heavy atom. The van der Waals surface area contributed by atoms with Crippen molar-refractivity contribution in [3.8, 4) is 0 Å². The van der Waals surface area contributed by atoms with E-state index < -0.39 is 5.91 Å². The molecule has 110 valence electrons. The van der Waals surface area contributed by atoms with E-state index in [2.05, 4.69) is 10.3 Å². The Labute approximate surface area is 119 Å². The minimum absolute atomic E-state index is 0.0945. The van der Waals surface area contributed by atoms with E-state index in [-0.39, 0.29) is 6.10 Å². The van der Waals surface area contributed by atoms with Gasteiger partial charge in [0.2, 0.25) is 0 Å². The number of pyridine rings is 1. The highest BCUT2D eigenvalue weighted by atomic mass is 16.5. The molecule has 1 atom stereocenters. The van der Waals surface area contributed by atoms with Crippen molar-refractivity contribution < 1.29 is 9.53 Å². The highest BCUT2D eigenvalue weighted by molar-refractivity contribution is 5.99. The van der Waals surface area contributed by atoms with Gasteiger partial charge in [-0.1, -0.05) is 0 Å². The molecule has 2 rings (SSSR count). The topological polar surface area (TPSA) is 80.5 Å². The third kappa shape index (κ3) is 3.26. The number of ether oxygens (including phenoxy) is 1. The smallest absolute Gasteiger partial charge is 0.252 e. The maximum atomic E-state index is 11.7. The maximum Gasteiger partial charge on any atom is 0.252 e. The van der Waals surface area contributed by atoms with Gasteiger partial charge in [-0.05, 0) is 25.5 Å². The lowest BCUT2D eigenvalue weighted by atomic mass is 10.1. The van der Waals surface area contributed by atoms with Crippen LogP contribution in [0.5, 0.6) is 0 Å². The fourth-order valence-corrected chi connectivity index (χ4v) is 2.53. The van der Waals surface area contributed by atoms with Crippen molar-refractivity contribution in [2.75, 3.05) is 38.2 Å². The molecule has 3 N–H and O–H groups in total. The van der Waals surface area contributed by atoms with E-state index in [0.717, 1.165) is 24.3 Å². The van der Waals surface area contributed by atoms with Gasteiger partial charge in [0.05, 0.1) is 18.3 Å². The number of morpholine rings is 1. The van der Waals surface area contributed by atoms with Crippen molar-refractivity contribution in [1.82, 2.24) is 10.3 Å². The van der Waals surface area contributed by atoms with E-state index in [4.69, 9.17) is 10.5 Å². The number of carbonyl (C=O) groups is 1. The summed E-state index contributed by atoms with van der Waals surface area (Å²) >= 11 is 0. The molecule has 1 saturated heterocycles. The van der Waals surface area contributed by atoms with Crippen molar-refractivity contribution in [3.05, 3.63) is 22.9 Å². The van der Waals surface area contributed by atoms with Crippen LogP contribution in [-0.4, -0.2) is 50.3 Å². The van der Waals surface area contributed by atoms with Crippen molar-refractivity contribution in [2.24, 2.45) is 5.73 Å². The summed E-state index contributed by atoms with van der Waals surface area (Å²) in [6.45, 7) is 6.86. The van der Waals surface area contributed by atoms with E-state index >= 15 is 0 Å². The maximum absolute atomic E-state index is 11.7. The first-order chi connectivity index (χ1) is 9.49. The number of carbonyl (C=O) groups excluding carboxylic acids is 1. The highest BCUT2D eigenvalue weighted by Crippen LogP contribution is 2.21. The zero-order valence-electron chi connectivity index (χ0n) is 12.3. The molecule has 0 bridgehead atoms. The van der Waals surface area contributed by atoms with Gasteiger partial charge in [-0.2, -0.15) is 0 Å². The number of hydrogen-bond acceptors (Lipinski definition) is 5. The SMILES string of the molecule is Cc1cc(C)c(C(N)=O)c(N(C)CC2CNCCO2)n1.